The quantitative estimate of drug-likeness (QED) is 0.519. The Bertz CT molecular complexity index is 1150. The van der Waals surface area contributed by atoms with Crippen LogP contribution in [0.5, 0.6) is 0 Å². The minimum absolute atomic E-state index is 0.130. The van der Waals surface area contributed by atoms with Crippen molar-refractivity contribution in [1.82, 2.24) is 29.0 Å². The highest BCUT2D eigenvalue weighted by Crippen LogP contribution is 2.36. The summed E-state index contributed by atoms with van der Waals surface area (Å²) >= 11 is 1.13. The first kappa shape index (κ1) is 16.8. The number of rotatable bonds is 6. The number of aromatic nitrogens is 6. The molecule has 1 saturated carbocycles. The molecule has 5 rings (SSSR count). The number of anilines is 2. The van der Waals surface area contributed by atoms with Crippen LogP contribution >= 0.6 is 11.7 Å². The van der Waals surface area contributed by atoms with Gasteiger partial charge in [0.25, 0.3) is 0 Å². The van der Waals surface area contributed by atoms with Gasteiger partial charge in [0.05, 0.1) is 30.0 Å². The van der Waals surface area contributed by atoms with Crippen LogP contribution in [0.15, 0.2) is 42.5 Å². The van der Waals surface area contributed by atoms with E-state index in [2.05, 4.69) is 34.9 Å². The Morgan fingerprint density at radius 3 is 2.96 bits per heavy atom. The van der Waals surface area contributed by atoms with Gasteiger partial charge in [-0.05, 0) is 47.5 Å². The smallest absolute Gasteiger partial charge is 0.243 e. The lowest BCUT2D eigenvalue weighted by Crippen LogP contribution is -2.21. The second-order valence-corrected chi connectivity index (χ2v) is 7.13. The molecule has 9 nitrogen and oxygen atoms in total. The van der Waals surface area contributed by atoms with E-state index >= 15 is 0 Å². The summed E-state index contributed by atoms with van der Waals surface area (Å²) in [5, 5.41) is 18.1. The molecular formula is C18H16N8OS. The number of carbonyl (C=O) groups is 1. The first-order valence-corrected chi connectivity index (χ1v) is 9.64. The van der Waals surface area contributed by atoms with Crippen LogP contribution in [-0.4, -0.2) is 41.4 Å². The van der Waals surface area contributed by atoms with Gasteiger partial charge >= 0.3 is 0 Å². The monoisotopic (exact) mass is 392 g/mol. The Morgan fingerprint density at radius 2 is 2.07 bits per heavy atom. The van der Waals surface area contributed by atoms with Gasteiger partial charge in [-0.25, -0.2) is 4.68 Å². The summed E-state index contributed by atoms with van der Waals surface area (Å²) in [6.07, 6.45) is 2.22. The van der Waals surface area contributed by atoms with E-state index in [1.54, 1.807) is 0 Å². The summed E-state index contributed by atoms with van der Waals surface area (Å²) in [5.74, 6) is 0.590. The van der Waals surface area contributed by atoms with Gasteiger partial charge in [-0.3, -0.25) is 4.79 Å². The molecule has 0 atom stereocenters. The van der Waals surface area contributed by atoms with Crippen LogP contribution in [0.25, 0.3) is 22.4 Å². The van der Waals surface area contributed by atoms with Gasteiger partial charge in [-0.15, -0.1) is 5.10 Å². The first-order chi connectivity index (χ1) is 13.8. The van der Waals surface area contributed by atoms with Crippen molar-refractivity contribution in [2.45, 2.75) is 18.9 Å². The van der Waals surface area contributed by atoms with Crippen molar-refractivity contribution in [3.05, 3.63) is 42.5 Å². The van der Waals surface area contributed by atoms with Crippen LogP contribution in [0.1, 0.15) is 18.9 Å². The molecule has 1 aliphatic rings. The number of fused-ring (bicyclic) bond motifs is 1. The molecule has 2 heterocycles. The number of hydrogen-bond donors (Lipinski definition) is 2. The Hall–Kier alpha value is -3.40. The molecule has 1 fully saturated rings. The fraction of sp³-hybridized carbons (Fsp3) is 0.222. The number of tetrazole rings is 1. The van der Waals surface area contributed by atoms with Crippen molar-refractivity contribution in [1.29, 1.82) is 0 Å². The summed E-state index contributed by atoms with van der Waals surface area (Å²) in [5.41, 5.74) is 3.88. The maximum Gasteiger partial charge on any atom is 0.243 e. The van der Waals surface area contributed by atoms with Crippen LogP contribution in [0.4, 0.5) is 11.4 Å². The number of carbonyl (C=O) groups excluding carboxylic acids is 1. The first-order valence-electron chi connectivity index (χ1n) is 8.91. The molecule has 2 aromatic carbocycles. The van der Waals surface area contributed by atoms with E-state index in [-0.39, 0.29) is 12.5 Å². The molecule has 0 bridgehead atoms. The number of benzene rings is 2. The van der Waals surface area contributed by atoms with Crippen molar-refractivity contribution in [2.24, 2.45) is 0 Å². The van der Waals surface area contributed by atoms with Crippen molar-refractivity contribution in [3.8, 4) is 11.4 Å². The van der Waals surface area contributed by atoms with E-state index < -0.39 is 0 Å². The largest absolute Gasteiger partial charge is 0.376 e. The summed E-state index contributed by atoms with van der Waals surface area (Å²) in [4.78, 5) is 12.4. The third kappa shape index (κ3) is 3.29. The zero-order valence-electron chi connectivity index (χ0n) is 14.7. The molecule has 0 unspecified atom stereocenters. The highest BCUT2D eigenvalue weighted by atomic mass is 32.1. The van der Waals surface area contributed by atoms with Crippen molar-refractivity contribution >= 4 is 40.0 Å². The summed E-state index contributed by atoms with van der Waals surface area (Å²) in [7, 11) is 0. The predicted molar refractivity (Wildman–Crippen MR) is 106 cm³/mol. The average Bonchev–Trinajstić information content (AvgIpc) is 3.24. The van der Waals surface area contributed by atoms with Crippen molar-refractivity contribution in [3.63, 3.8) is 0 Å². The molecule has 4 aromatic rings. The molecule has 2 N–H and O–H groups in total. The molecule has 2 aromatic heterocycles. The zero-order valence-corrected chi connectivity index (χ0v) is 15.6. The summed E-state index contributed by atoms with van der Waals surface area (Å²) in [6, 6.07) is 13.7. The maximum atomic E-state index is 12.4. The lowest BCUT2D eigenvalue weighted by Gasteiger charge is -2.09. The Balaban J connectivity index is 1.27. The predicted octanol–water partition coefficient (Wildman–Crippen LogP) is 2.73. The third-order valence-corrected chi connectivity index (χ3v) is 5.06. The molecule has 140 valence electrons. The van der Waals surface area contributed by atoms with Gasteiger partial charge in [0.15, 0.2) is 5.82 Å². The molecule has 10 heteroatoms. The topological polar surface area (TPSA) is 111 Å². The minimum atomic E-state index is -0.159. The number of nitrogens with one attached hydrogen (secondary N) is 2. The van der Waals surface area contributed by atoms with Crippen LogP contribution in [-0.2, 0) is 4.79 Å². The second kappa shape index (κ2) is 6.97. The van der Waals surface area contributed by atoms with Gasteiger partial charge in [0.1, 0.15) is 11.0 Å². The van der Waals surface area contributed by atoms with Crippen LogP contribution in [0.3, 0.4) is 0 Å². The van der Waals surface area contributed by atoms with Crippen molar-refractivity contribution < 1.29 is 4.79 Å². The van der Waals surface area contributed by atoms with Gasteiger partial charge < -0.3 is 10.6 Å². The second-order valence-electron chi connectivity index (χ2n) is 6.60. The normalized spacial score (nSPS) is 13.6. The average molecular weight is 392 g/mol. The van der Waals surface area contributed by atoms with E-state index in [1.807, 2.05) is 47.1 Å². The molecule has 0 spiro atoms. The fourth-order valence-corrected chi connectivity index (χ4v) is 3.55. The van der Waals surface area contributed by atoms with Crippen LogP contribution < -0.4 is 10.6 Å². The standard InChI is InChI=1S/C18H16N8OS/c27-16(20-14-5-2-6-15-17(14)23-28-22-15)10-19-12-4-1-3-11(9-12)18-21-24-25-26(18)13-7-8-13/h1-6,9,13,19H,7-8,10H2,(H,20,27). The van der Waals surface area contributed by atoms with Gasteiger partial charge in [0, 0.05) is 11.3 Å². The third-order valence-electron chi connectivity index (χ3n) is 4.52. The molecule has 1 aliphatic carbocycles. The molecule has 0 saturated heterocycles. The zero-order chi connectivity index (χ0) is 18.9. The Kier molecular flexibility index (Phi) is 4.17. The summed E-state index contributed by atoms with van der Waals surface area (Å²) in [6.45, 7) is 0.130. The van der Waals surface area contributed by atoms with Crippen LogP contribution in [0, 0.1) is 0 Å². The van der Waals surface area contributed by atoms with Crippen LogP contribution in [0.2, 0.25) is 0 Å². The Labute approximate surface area is 164 Å². The van der Waals surface area contributed by atoms with Gasteiger partial charge in [0.2, 0.25) is 5.91 Å². The minimum Gasteiger partial charge on any atom is -0.376 e. The molecule has 0 radical (unpaired) electrons. The van der Waals surface area contributed by atoms with Gasteiger partial charge in [-0.2, -0.15) is 8.75 Å². The highest BCUT2D eigenvalue weighted by Gasteiger charge is 2.28. The molecule has 1 amide bonds. The van der Waals surface area contributed by atoms with E-state index in [9.17, 15) is 4.79 Å². The number of nitrogens with zero attached hydrogens (tertiary/aromatic N) is 6. The SMILES string of the molecule is O=C(CNc1cccc(-c2nnnn2C2CC2)c1)Nc1cccc2nsnc12. The summed E-state index contributed by atoms with van der Waals surface area (Å²) < 4.78 is 10.3. The maximum absolute atomic E-state index is 12.4. The molecule has 28 heavy (non-hydrogen) atoms. The Morgan fingerprint density at radius 1 is 1.18 bits per heavy atom. The van der Waals surface area contributed by atoms with E-state index in [1.165, 1.54) is 0 Å². The lowest BCUT2D eigenvalue weighted by molar-refractivity contribution is -0.114. The van der Waals surface area contributed by atoms with Gasteiger partial charge in [-0.1, -0.05) is 18.2 Å². The van der Waals surface area contributed by atoms with E-state index in [0.717, 1.165) is 47.2 Å². The molecular weight excluding hydrogens is 376 g/mol. The lowest BCUT2D eigenvalue weighted by atomic mass is 10.2. The number of amides is 1. The van der Waals surface area contributed by atoms with E-state index in [4.69, 9.17) is 0 Å². The highest BCUT2D eigenvalue weighted by molar-refractivity contribution is 7.00. The number of hydrogen-bond acceptors (Lipinski definition) is 8. The van der Waals surface area contributed by atoms with Crippen molar-refractivity contribution in [2.75, 3.05) is 17.2 Å². The fourth-order valence-electron chi connectivity index (χ4n) is 3.00. The molecule has 0 aliphatic heterocycles. The van der Waals surface area contributed by atoms with E-state index in [0.29, 0.717) is 17.2 Å².